The number of imidazole rings is 1. The summed E-state index contributed by atoms with van der Waals surface area (Å²) >= 11 is 0. The van der Waals surface area contributed by atoms with Crippen LogP contribution in [0.25, 0.3) is 56.0 Å². The lowest BCUT2D eigenvalue weighted by Crippen LogP contribution is -2.20. The van der Waals surface area contributed by atoms with Crippen molar-refractivity contribution in [3.8, 4) is 34.0 Å². The molecule has 1 saturated carbocycles. The van der Waals surface area contributed by atoms with E-state index in [-0.39, 0.29) is 22.9 Å². The van der Waals surface area contributed by atoms with Gasteiger partial charge < -0.3 is 10.3 Å². The Hall–Kier alpha value is -5.06. The summed E-state index contributed by atoms with van der Waals surface area (Å²) in [6.07, 6.45) is 13.6. The maximum absolute atomic E-state index is 16.1. The summed E-state index contributed by atoms with van der Waals surface area (Å²) in [5.74, 6) is -0.212. The lowest BCUT2D eigenvalue weighted by atomic mass is 10.1. The van der Waals surface area contributed by atoms with Gasteiger partial charge in [-0.25, -0.2) is 9.37 Å². The number of halogens is 1. The van der Waals surface area contributed by atoms with Crippen LogP contribution in [-0.2, 0) is 4.79 Å². The zero-order chi connectivity index (χ0) is 26.3. The number of carbonyl (C=O) groups is 1. The third kappa shape index (κ3) is 4.08. The van der Waals surface area contributed by atoms with Crippen LogP contribution in [0.3, 0.4) is 0 Å². The van der Waals surface area contributed by atoms with Gasteiger partial charge in [0.25, 0.3) is 0 Å². The summed E-state index contributed by atoms with van der Waals surface area (Å²) in [7, 11) is 0. The molecule has 0 unspecified atom stereocenters. The van der Waals surface area contributed by atoms with E-state index in [4.69, 9.17) is 4.98 Å². The normalized spacial score (nSPS) is 13.9. The number of H-pyrrole nitrogens is 2. The molecule has 10 nitrogen and oxygen atoms in total. The average Bonchev–Trinajstić information content (AvgIpc) is 3.73. The Morgan fingerprint density at radius 2 is 1.85 bits per heavy atom. The molecule has 0 aromatic carbocycles. The number of nitrogens with one attached hydrogen (secondary N) is 3. The minimum atomic E-state index is -0.569. The number of aromatic amines is 2. The first-order valence-electron chi connectivity index (χ1n) is 12.7. The maximum atomic E-state index is 16.1. The molecule has 1 fully saturated rings. The summed E-state index contributed by atoms with van der Waals surface area (Å²) in [5.41, 5.74) is 4.59. The van der Waals surface area contributed by atoms with Crippen molar-refractivity contribution in [2.45, 2.75) is 25.7 Å². The lowest BCUT2D eigenvalue weighted by Gasteiger charge is -2.11. The number of fused-ring (bicyclic) bond motifs is 2. The number of hydrogen-bond donors (Lipinski definition) is 3. The topological polar surface area (TPSA) is 138 Å². The van der Waals surface area contributed by atoms with Gasteiger partial charge in [0.15, 0.2) is 11.6 Å². The smallest absolute Gasteiger partial charge is 0.227 e. The van der Waals surface area contributed by atoms with Crippen molar-refractivity contribution in [2.24, 2.45) is 5.92 Å². The highest BCUT2D eigenvalue weighted by Gasteiger charge is 2.24. The molecule has 7 rings (SSSR count). The van der Waals surface area contributed by atoms with Crippen LogP contribution in [0.5, 0.6) is 0 Å². The quantitative estimate of drug-likeness (QED) is 0.281. The summed E-state index contributed by atoms with van der Waals surface area (Å²) in [6, 6.07) is 7.30. The van der Waals surface area contributed by atoms with Gasteiger partial charge in [0.2, 0.25) is 5.91 Å². The number of rotatable bonds is 5. The highest BCUT2D eigenvalue weighted by Crippen LogP contribution is 2.34. The van der Waals surface area contributed by atoms with E-state index in [0.717, 1.165) is 36.9 Å². The summed E-state index contributed by atoms with van der Waals surface area (Å²) in [4.78, 5) is 37.8. The largest absolute Gasteiger partial charge is 0.335 e. The molecular weight excluding hydrogens is 497 g/mol. The maximum Gasteiger partial charge on any atom is 0.227 e. The monoisotopic (exact) mass is 519 g/mol. The molecule has 0 radical (unpaired) electrons. The molecule has 6 heterocycles. The van der Waals surface area contributed by atoms with Crippen LogP contribution < -0.4 is 5.32 Å². The molecule has 6 aromatic rings. The van der Waals surface area contributed by atoms with Crippen molar-refractivity contribution in [1.29, 1.82) is 0 Å². The van der Waals surface area contributed by atoms with Crippen molar-refractivity contribution >= 4 is 33.5 Å². The average molecular weight is 520 g/mol. The summed E-state index contributed by atoms with van der Waals surface area (Å²) in [5, 5.41) is 10.4. The molecule has 6 aromatic heterocycles. The number of amides is 1. The summed E-state index contributed by atoms with van der Waals surface area (Å²) in [6.45, 7) is 0. The first kappa shape index (κ1) is 23.1. The van der Waals surface area contributed by atoms with E-state index in [1.54, 1.807) is 30.9 Å². The molecule has 3 N–H and O–H groups in total. The Morgan fingerprint density at radius 3 is 2.69 bits per heavy atom. The minimum Gasteiger partial charge on any atom is -0.335 e. The van der Waals surface area contributed by atoms with Gasteiger partial charge in [-0.2, -0.15) is 5.10 Å². The van der Waals surface area contributed by atoms with Crippen LogP contribution in [0.4, 0.5) is 10.1 Å². The molecule has 1 aliphatic carbocycles. The molecular formula is C28H22FN9O. The highest BCUT2D eigenvalue weighted by atomic mass is 19.1. The number of aromatic nitrogens is 8. The second-order valence-electron chi connectivity index (χ2n) is 9.60. The van der Waals surface area contributed by atoms with Gasteiger partial charge in [-0.15, -0.1) is 0 Å². The zero-order valence-electron chi connectivity index (χ0n) is 20.6. The van der Waals surface area contributed by atoms with Gasteiger partial charge >= 0.3 is 0 Å². The predicted octanol–water partition coefficient (Wildman–Crippen LogP) is 5.29. The number of pyridine rings is 4. The van der Waals surface area contributed by atoms with Gasteiger partial charge in [0, 0.05) is 35.6 Å². The van der Waals surface area contributed by atoms with Gasteiger partial charge in [0.1, 0.15) is 16.9 Å². The number of nitrogens with zero attached hydrogens (tertiary/aromatic N) is 6. The predicted molar refractivity (Wildman–Crippen MR) is 144 cm³/mol. The van der Waals surface area contributed by atoms with Crippen molar-refractivity contribution in [3.05, 3.63) is 67.3 Å². The Kier molecular flexibility index (Phi) is 5.54. The van der Waals surface area contributed by atoms with Crippen LogP contribution in [0.15, 0.2) is 61.4 Å². The Labute approximate surface area is 221 Å². The van der Waals surface area contributed by atoms with Crippen molar-refractivity contribution in [3.63, 3.8) is 0 Å². The fourth-order valence-electron chi connectivity index (χ4n) is 5.17. The second-order valence-corrected chi connectivity index (χ2v) is 9.60. The van der Waals surface area contributed by atoms with E-state index >= 15 is 4.39 Å². The van der Waals surface area contributed by atoms with Gasteiger partial charge in [-0.05, 0) is 31.0 Å². The van der Waals surface area contributed by atoms with Gasteiger partial charge in [-0.3, -0.25) is 29.8 Å². The fourth-order valence-corrected chi connectivity index (χ4v) is 5.17. The van der Waals surface area contributed by atoms with Crippen LogP contribution in [0, 0.1) is 11.7 Å². The first-order valence-corrected chi connectivity index (χ1v) is 12.7. The Bertz CT molecular complexity index is 1840. The number of anilines is 1. The van der Waals surface area contributed by atoms with Crippen molar-refractivity contribution < 1.29 is 9.18 Å². The Morgan fingerprint density at radius 1 is 0.974 bits per heavy atom. The van der Waals surface area contributed by atoms with E-state index in [1.165, 1.54) is 12.4 Å². The molecule has 1 aliphatic rings. The standard InChI is InChI=1S/C28H22FN9O/c29-23-22-20(14-33-24(23)16-9-17(11-30-10-16)34-28(39)15-5-1-2-6-15)37-38-26(22)27-35-21-13-31-12-18(25(21)36-27)19-7-3-4-8-32-19/h3-4,7-15H,1-2,5-6H2,(H,34,39)(H,35,36)(H,37,38). The van der Waals surface area contributed by atoms with Crippen LogP contribution in [0.1, 0.15) is 25.7 Å². The molecule has 192 valence electrons. The molecule has 1 amide bonds. The molecule has 0 saturated heterocycles. The van der Waals surface area contributed by atoms with Crippen LogP contribution in [0.2, 0.25) is 0 Å². The SMILES string of the molecule is O=C(Nc1cncc(-c2ncc3[nH]nc(-c4nc5c(-c6ccccn6)cncc5[nH]4)c3c2F)c1)C1CCCC1. The molecule has 0 atom stereocenters. The lowest BCUT2D eigenvalue weighted by molar-refractivity contribution is -0.119. The van der Waals surface area contributed by atoms with E-state index in [1.807, 2.05) is 18.2 Å². The van der Waals surface area contributed by atoms with Crippen molar-refractivity contribution in [2.75, 3.05) is 5.32 Å². The summed E-state index contributed by atoms with van der Waals surface area (Å²) < 4.78 is 16.1. The first-order chi connectivity index (χ1) is 19.2. The third-order valence-corrected chi connectivity index (χ3v) is 7.11. The molecule has 0 bridgehead atoms. The highest BCUT2D eigenvalue weighted by molar-refractivity contribution is 5.98. The second kappa shape index (κ2) is 9.35. The number of carbonyl (C=O) groups excluding carboxylic acids is 1. The molecule has 0 spiro atoms. The molecule has 0 aliphatic heterocycles. The van der Waals surface area contributed by atoms with Gasteiger partial charge in [-0.1, -0.05) is 18.9 Å². The fraction of sp³-hybridized carbons (Fsp3) is 0.179. The van der Waals surface area contributed by atoms with E-state index in [9.17, 15) is 4.79 Å². The number of hydrogen-bond acceptors (Lipinski definition) is 7. The van der Waals surface area contributed by atoms with Crippen LogP contribution >= 0.6 is 0 Å². The van der Waals surface area contributed by atoms with Gasteiger partial charge in [0.05, 0.1) is 46.4 Å². The van der Waals surface area contributed by atoms with Crippen molar-refractivity contribution in [1.82, 2.24) is 40.1 Å². The van der Waals surface area contributed by atoms with E-state index in [2.05, 4.69) is 40.4 Å². The van der Waals surface area contributed by atoms with Crippen LogP contribution in [-0.4, -0.2) is 46.0 Å². The zero-order valence-corrected chi connectivity index (χ0v) is 20.6. The van der Waals surface area contributed by atoms with E-state index in [0.29, 0.717) is 39.3 Å². The minimum absolute atomic E-state index is 0.00514. The Balaban J connectivity index is 1.28. The molecule has 39 heavy (non-hydrogen) atoms. The third-order valence-electron chi connectivity index (χ3n) is 7.11. The van der Waals surface area contributed by atoms with E-state index < -0.39 is 5.82 Å². The molecule has 11 heteroatoms.